The summed E-state index contributed by atoms with van der Waals surface area (Å²) in [6, 6.07) is 12.0. The molecule has 8 heteroatoms. The van der Waals surface area contributed by atoms with Crippen molar-refractivity contribution < 1.29 is 9.53 Å². The van der Waals surface area contributed by atoms with Gasteiger partial charge in [0.15, 0.2) is 0 Å². The first kappa shape index (κ1) is 21.8. The Hall–Kier alpha value is -3.42. The van der Waals surface area contributed by atoms with Crippen LogP contribution in [0.4, 0.5) is 11.4 Å². The number of carbonyl (C=O) groups excluding carboxylic acids is 1. The Labute approximate surface area is 188 Å². The molecule has 1 aliphatic rings. The average Bonchev–Trinajstić information content (AvgIpc) is 3.38. The summed E-state index contributed by atoms with van der Waals surface area (Å²) in [7, 11) is 1.66. The molecule has 0 aliphatic carbocycles. The van der Waals surface area contributed by atoms with E-state index in [1.165, 1.54) is 0 Å². The maximum absolute atomic E-state index is 12.8. The third-order valence-corrected chi connectivity index (χ3v) is 5.81. The lowest BCUT2D eigenvalue weighted by molar-refractivity contribution is -0.130. The number of pyridine rings is 1. The van der Waals surface area contributed by atoms with Gasteiger partial charge in [0.05, 0.1) is 13.7 Å². The smallest absolute Gasteiger partial charge is 0.224 e. The van der Waals surface area contributed by atoms with Gasteiger partial charge in [-0.05, 0) is 63.6 Å². The monoisotopic (exact) mass is 434 g/mol. The summed E-state index contributed by atoms with van der Waals surface area (Å²) in [6.45, 7) is 7.80. The Morgan fingerprint density at radius 1 is 1.12 bits per heavy atom. The Balaban J connectivity index is 1.38. The molecule has 0 spiro atoms. The summed E-state index contributed by atoms with van der Waals surface area (Å²) in [5, 5.41) is 7.79. The highest BCUT2D eigenvalue weighted by Crippen LogP contribution is 2.29. The van der Waals surface area contributed by atoms with Gasteiger partial charge in [-0.25, -0.2) is 9.67 Å². The Kier molecular flexibility index (Phi) is 6.39. The summed E-state index contributed by atoms with van der Waals surface area (Å²) >= 11 is 0. The van der Waals surface area contributed by atoms with E-state index in [0.717, 1.165) is 53.1 Å². The maximum atomic E-state index is 12.8. The molecule has 1 fully saturated rings. The number of nitrogens with zero attached hydrogens (tertiary/aromatic N) is 5. The van der Waals surface area contributed by atoms with Crippen molar-refractivity contribution >= 4 is 17.3 Å². The third-order valence-electron chi connectivity index (χ3n) is 5.81. The van der Waals surface area contributed by atoms with E-state index in [0.29, 0.717) is 19.5 Å². The van der Waals surface area contributed by atoms with E-state index in [-0.39, 0.29) is 11.8 Å². The van der Waals surface area contributed by atoms with Crippen LogP contribution < -0.4 is 10.1 Å². The van der Waals surface area contributed by atoms with Crippen molar-refractivity contribution in [1.29, 1.82) is 0 Å². The van der Waals surface area contributed by atoms with Crippen LogP contribution in [-0.2, 0) is 11.3 Å². The lowest BCUT2D eigenvalue weighted by Gasteiger charge is -2.17. The second-order valence-electron chi connectivity index (χ2n) is 8.28. The number of hydrogen-bond acceptors (Lipinski definition) is 6. The largest absolute Gasteiger partial charge is 0.497 e. The molecule has 32 heavy (non-hydrogen) atoms. The minimum atomic E-state index is 0.157. The molecule has 1 amide bonds. The second-order valence-corrected chi connectivity index (χ2v) is 8.28. The van der Waals surface area contributed by atoms with Crippen molar-refractivity contribution in [3.63, 3.8) is 0 Å². The fourth-order valence-electron chi connectivity index (χ4n) is 4.18. The molecule has 4 rings (SSSR count). The van der Waals surface area contributed by atoms with Crippen molar-refractivity contribution in [1.82, 2.24) is 24.6 Å². The number of anilines is 2. The van der Waals surface area contributed by atoms with Crippen LogP contribution in [0.5, 0.6) is 5.75 Å². The molecule has 3 aromatic rings. The Morgan fingerprint density at radius 2 is 1.91 bits per heavy atom. The van der Waals surface area contributed by atoms with Gasteiger partial charge in [-0.2, -0.15) is 5.10 Å². The van der Waals surface area contributed by atoms with Crippen LogP contribution >= 0.6 is 0 Å². The van der Waals surface area contributed by atoms with Gasteiger partial charge in [0.1, 0.15) is 17.4 Å². The van der Waals surface area contributed by atoms with Crippen molar-refractivity contribution in [2.75, 3.05) is 25.5 Å². The molecule has 8 nitrogen and oxygen atoms in total. The number of nitrogens with one attached hydrogen (secondary N) is 1. The first-order chi connectivity index (χ1) is 15.4. The quantitative estimate of drug-likeness (QED) is 0.610. The standard InChI is InChI=1S/C24H30N6O2/c1-16-13-21(27-20-5-7-22(32-4)8-6-20)14-23(25-16)19-9-11-29(15-19)24(31)10-12-30-18(3)26-17(2)28-30/h5-8,13-14,19H,9-12,15H2,1-4H3,(H,25,27)/t19-/m1/s1. The van der Waals surface area contributed by atoms with Crippen molar-refractivity contribution in [2.24, 2.45) is 0 Å². The van der Waals surface area contributed by atoms with E-state index < -0.39 is 0 Å². The summed E-state index contributed by atoms with van der Waals surface area (Å²) in [5.74, 6) is 2.80. The highest BCUT2D eigenvalue weighted by Gasteiger charge is 2.28. The fourth-order valence-corrected chi connectivity index (χ4v) is 4.18. The zero-order valence-corrected chi connectivity index (χ0v) is 19.1. The number of likely N-dealkylation sites (tertiary alicyclic amines) is 1. The molecule has 0 radical (unpaired) electrons. The minimum absolute atomic E-state index is 0.157. The summed E-state index contributed by atoms with van der Waals surface area (Å²) in [6.07, 6.45) is 1.35. The van der Waals surface area contributed by atoms with Crippen molar-refractivity contribution in [3.05, 3.63) is 59.4 Å². The van der Waals surface area contributed by atoms with Crippen molar-refractivity contribution in [2.45, 2.75) is 46.1 Å². The molecule has 0 saturated carbocycles. The van der Waals surface area contributed by atoms with E-state index in [1.807, 2.05) is 56.0 Å². The molecule has 168 valence electrons. The summed E-state index contributed by atoms with van der Waals surface area (Å²) < 4.78 is 7.03. The molecule has 1 N–H and O–H groups in total. The summed E-state index contributed by atoms with van der Waals surface area (Å²) in [4.78, 5) is 23.8. The zero-order valence-electron chi connectivity index (χ0n) is 19.1. The van der Waals surface area contributed by atoms with E-state index in [2.05, 4.69) is 21.5 Å². The van der Waals surface area contributed by atoms with E-state index in [4.69, 9.17) is 9.72 Å². The number of aromatic nitrogens is 4. The zero-order chi connectivity index (χ0) is 22.7. The molecule has 1 aliphatic heterocycles. The van der Waals surface area contributed by atoms with Gasteiger partial charge in [0, 0.05) is 48.2 Å². The number of methoxy groups -OCH3 is 1. The topological polar surface area (TPSA) is 85.2 Å². The highest BCUT2D eigenvalue weighted by molar-refractivity contribution is 5.76. The first-order valence-corrected chi connectivity index (χ1v) is 11.0. The first-order valence-electron chi connectivity index (χ1n) is 11.0. The highest BCUT2D eigenvalue weighted by atomic mass is 16.5. The predicted molar refractivity (Wildman–Crippen MR) is 123 cm³/mol. The van der Waals surface area contributed by atoms with Gasteiger partial charge in [-0.3, -0.25) is 9.78 Å². The van der Waals surface area contributed by atoms with Gasteiger partial charge < -0.3 is 15.0 Å². The number of rotatable bonds is 7. The number of amides is 1. The Bertz CT molecular complexity index is 1090. The molecule has 1 atom stereocenters. The van der Waals surface area contributed by atoms with Crippen molar-refractivity contribution in [3.8, 4) is 5.75 Å². The molecule has 0 bridgehead atoms. The van der Waals surface area contributed by atoms with Crippen LogP contribution in [0.15, 0.2) is 36.4 Å². The maximum Gasteiger partial charge on any atom is 0.224 e. The van der Waals surface area contributed by atoms with Crippen LogP contribution in [0.3, 0.4) is 0 Å². The average molecular weight is 435 g/mol. The normalized spacial score (nSPS) is 15.8. The molecular weight excluding hydrogens is 404 g/mol. The van der Waals surface area contributed by atoms with Crippen LogP contribution in [0.25, 0.3) is 0 Å². The van der Waals surface area contributed by atoms with Gasteiger partial charge >= 0.3 is 0 Å². The van der Waals surface area contributed by atoms with Crippen LogP contribution in [0, 0.1) is 20.8 Å². The van der Waals surface area contributed by atoms with Crippen LogP contribution in [0.2, 0.25) is 0 Å². The molecule has 2 aromatic heterocycles. The van der Waals surface area contributed by atoms with E-state index in [1.54, 1.807) is 11.8 Å². The minimum Gasteiger partial charge on any atom is -0.497 e. The Morgan fingerprint density at radius 3 is 2.59 bits per heavy atom. The molecule has 1 aromatic carbocycles. The van der Waals surface area contributed by atoms with Crippen LogP contribution in [0.1, 0.15) is 41.8 Å². The SMILES string of the molecule is COc1ccc(Nc2cc(C)nc([C@@H]3CCN(C(=O)CCn4nc(C)nc4C)C3)c2)cc1. The number of benzene rings is 1. The number of hydrogen-bond donors (Lipinski definition) is 1. The van der Waals surface area contributed by atoms with Gasteiger partial charge in [0.25, 0.3) is 0 Å². The molecule has 1 saturated heterocycles. The lowest BCUT2D eigenvalue weighted by atomic mass is 10.0. The lowest BCUT2D eigenvalue weighted by Crippen LogP contribution is -2.29. The fraction of sp³-hybridized carbons (Fsp3) is 0.417. The summed E-state index contributed by atoms with van der Waals surface area (Å²) in [5.41, 5.74) is 3.98. The van der Waals surface area contributed by atoms with E-state index >= 15 is 0 Å². The number of carbonyl (C=O) groups is 1. The molecule has 0 unspecified atom stereocenters. The third kappa shape index (κ3) is 5.07. The second kappa shape index (κ2) is 9.38. The van der Waals surface area contributed by atoms with Gasteiger partial charge in [-0.15, -0.1) is 0 Å². The van der Waals surface area contributed by atoms with Gasteiger partial charge in [0.2, 0.25) is 5.91 Å². The van der Waals surface area contributed by atoms with E-state index in [9.17, 15) is 4.79 Å². The number of aryl methyl sites for hydroxylation is 4. The number of ether oxygens (including phenoxy) is 1. The molecular formula is C24H30N6O2. The van der Waals surface area contributed by atoms with Gasteiger partial charge in [-0.1, -0.05) is 0 Å². The molecule has 3 heterocycles. The predicted octanol–water partition coefficient (Wildman–Crippen LogP) is 3.76. The van der Waals surface area contributed by atoms with Crippen LogP contribution in [-0.4, -0.2) is 50.8 Å².